The molecule has 0 saturated heterocycles. The van der Waals surface area contributed by atoms with E-state index in [9.17, 15) is 9.90 Å². The minimum atomic E-state index is -0.854. The van der Waals surface area contributed by atoms with Crippen LogP contribution in [-0.4, -0.2) is 23.3 Å². The molecule has 0 aliphatic carbocycles. The molecule has 5 heteroatoms. The Morgan fingerprint density at radius 1 is 1.18 bits per heavy atom. The number of urea groups is 1. The van der Waals surface area contributed by atoms with E-state index in [2.05, 4.69) is 10.6 Å². The monoisotopic (exact) mass is 326 g/mol. The molecule has 1 aromatic rings. The van der Waals surface area contributed by atoms with Gasteiger partial charge in [0.15, 0.2) is 0 Å². The summed E-state index contributed by atoms with van der Waals surface area (Å²) in [5.74, 6) is 0. The molecule has 3 N–H and O–H groups in total. The number of aliphatic hydroxyl groups is 1. The van der Waals surface area contributed by atoms with E-state index >= 15 is 0 Å². The maximum atomic E-state index is 12.2. The fraction of sp³-hybridized carbons (Fsp3) is 0.588. The standard InChI is InChI=1S/C17H27ClN2O2/c1-5-12-9-10-14(18)13(6-2)15(12)20-16(21)19-11-17(22,7-3)8-4/h9-10,22H,5-8,11H2,1-4H3,(H2,19,20,21). The van der Waals surface area contributed by atoms with Gasteiger partial charge < -0.3 is 15.7 Å². The van der Waals surface area contributed by atoms with Crippen LogP contribution in [0.25, 0.3) is 0 Å². The molecule has 0 spiro atoms. The van der Waals surface area contributed by atoms with Crippen molar-refractivity contribution < 1.29 is 9.90 Å². The first-order valence-corrected chi connectivity index (χ1v) is 8.36. The molecule has 0 unspecified atom stereocenters. The molecule has 0 aliphatic heterocycles. The van der Waals surface area contributed by atoms with Crippen LogP contribution in [0.2, 0.25) is 5.02 Å². The van der Waals surface area contributed by atoms with Crippen molar-refractivity contribution in [2.75, 3.05) is 11.9 Å². The molecule has 0 aromatic heterocycles. The lowest BCUT2D eigenvalue weighted by Crippen LogP contribution is -2.43. The first kappa shape index (κ1) is 18.8. The smallest absolute Gasteiger partial charge is 0.319 e. The number of aryl methyl sites for hydroxylation is 1. The molecule has 0 heterocycles. The molecule has 1 aromatic carbocycles. The molecule has 0 bridgehead atoms. The Balaban J connectivity index is 2.86. The second-order valence-electron chi connectivity index (χ2n) is 5.51. The number of carbonyl (C=O) groups is 1. The lowest BCUT2D eigenvalue weighted by molar-refractivity contribution is 0.0354. The Morgan fingerprint density at radius 3 is 2.32 bits per heavy atom. The van der Waals surface area contributed by atoms with Gasteiger partial charge in [0.05, 0.1) is 11.3 Å². The molecule has 0 aliphatic rings. The van der Waals surface area contributed by atoms with E-state index in [0.29, 0.717) is 17.9 Å². The molecule has 22 heavy (non-hydrogen) atoms. The Morgan fingerprint density at radius 2 is 1.82 bits per heavy atom. The quantitative estimate of drug-likeness (QED) is 0.705. The van der Waals surface area contributed by atoms with Gasteiger partial charge in [0.25, 0.3) is 0 Å². The highest BCUT2D eigenvalue weighted by atomic mass is 35.5. The average molecular weight is 327 g/mol. The highest BCUT2D eigenvalue weighted by Gasteiger charge is 2.23. The first-order valence-electron chi connectivity index (χ1n) is 7.98. The molecule has 124 valence electrons. The summed E-state index contributed by atoms with van der Waals surface area (Å²) in [5, 5.41) is 16.5. The Kier molecular flexibility index (Phi) is 7.17. The minimum Gasteiger partial charge on any atom is -0.388 e. The van der Waals surface area contributed by atoms with E-state index in [4.69, 9.17) is 11.6 Å². The minimum absolute atomic E-state index is 0.231. The molecule has 0 atom stereocenters. The Hall–Kier alpha value is -1.26. The number of nitrogens with one attached hydrogen (secondary N) is 2. The number of halogens is 1. The fourth-order valence-corrected chi connectivity index (χ4v) is 2.66. The highest BCUT2D eigenvalue weighted by Crippen LogP contribution is 2.29. The number of hydrogen-bond acceptors (Lipinski definition) is 2. The lowest BCUT2D eigenvalue weighted by atomic mass is 9.98. The van der Waals surface area contributed by atoms with Crippen molar-refractivity contribution in [3.05, 3.63) is 28.3 Å². The van der Waals surface area contributed by atoms with Crippen LogP contribution >= 0.6 is 11.6 Å². The van der Waals surface area contributed by atoms with E-state index in [0.717, 1.165) is 29.7 Å². The largest absolute Gasteiger partial charge is 0.388 e. The zero-order valence-electron chi connectivity index (χ0n) is 13.9. The highest BCUT2D eigenvalue weighted by molar-refractivity contribution is 6.31. The van der Waals surface area contributed by atoms with Crippen molar-refractivity contribution in [3.63, 3.8) is 0 Å². The number of anilines is 1. The van der Waals surface area contributed by atoms with Crippen LogP contribution in [0.15, 0.2) is 12.1 Å². The van der Waals surface area contributed by atoms with Gasteiger partial charge in [0.1, 0.15) is 0 Å². The zero-order valence-corrected chi connectivity index (χ0v) is 14.7. The van der Waals surface area contributed by atoms with Gasteiger partial charge in [-0.25, -0.2) is 4.79 Å². The van der Waals surface area contributed by atoms with Crippen LogP contribution in [0.5, 0.6) is 0 Å². The van der Waals surface area contributed by atoms with Crippen molar-refractivity contribution >= 4 is 23.3 Å². The number of hydrogen-bond donors (Lipinski definition) is 3. The molecule has 0 fully saturated rings. The van der Waals surface area contributed by atoms with E-state index < -0.39 is 5.60 Å². The maximum absolute atomic E-state index is 12.2. The SMILES string of the molecule is CCc1ccc(Cl)c(CC)c1NC(=O)NCC(O)(CC)CC. The molecule has 2 amide bonds. The van der Waals surface area contributed by atoms with E-state index in [1.165, 1.54) is 0 Å². The van der Waals surface area contributed by atoms with Gasteiger partial charge in [-0.15, -0.1) is 0 Å². The lowest BCUT2D eigenvalue weighted by Gasteiger charge is -2.25. The van der Waals surface area contributed by atoms with Gasteiger partial charge in [0, 0.05) is 11.6 Å². The second kappa shape index (κ2) is 8.39. The van der Waals surface area contributed by atoms with Gasteiger partial charge >= 0.3 is 6.03 Å². The van der Waals surface area contributed by atoms with Gasteiger partial charge in [-0.1, -0.05) is 45.4 Å². The fourth-order valence-electron chi connectivity index (χ4n) is 2.37. The third kappa shape index (κ3) is 4.62. The molecule has 1 rings (SSSR count). The number of rotatable bonds is 7. The predicted octanol–water partition coefficient (Wildman–Crippen LogP) is 4.14. The summed E-state index contributed by atoms with van der Waals surface area (Å²) in [4.78, 5) is 12.2. The Bertz CT molecular complexity index is 514. The van der Waals surface area contributed by atoms with Gasteiger partial charge in [0.2, 0.25) is 0 Å². The van der Waals surface area contributed by atoms with Crippen LogP contribution in [0.4, 0.5) is 10.5 Å². The van der Waals surface area contributed by atoms with Crippen molar-refractivity contribution in [3.8, 4) is 0 Å². The molecular formula is C17H27ClN2O2. The van der Waals surface area contributed by atoms with Crippen LogP contribution in [-0.2, 0) is 12.8 Å². The second-order valence-corrected chi connectivity index (χ2v) is 5.91. The molecule has 0 radical (unpaired) electrons. The summed E-state index contributed by atoms with van der Waals surface area (Å²) in [6.45, 7) is 8.10. The van der Waals surface area contributed by atoms with Gasteiger partial charge in [-0.2, -0.15) is 0 Å². The van der Waals surface area contributed by atoms with Crippen LogP contribution in [0.3, 0.4) is 0 Å². The van der Waals surface area contributed by atoms with Crippen LogP contribution in [0.1, 0.15) is 51.7 Å². The van der Waals surface area contributed by atoms with Crippen molar-refractivity contribution in [1.29, 1.82) is 0 Å². The molecule has 4 nitrogen and oxygen atoms in total. The van der Waals surface area contributed by atoms with Gasteiger partial charge in [-0.05, 0) is 42.9 Å². The average Bonchev–Trinajstić information content (AvgIpc) is 2.53. The third-order valence-corrected chi connectivity index (χ3v) is 4.56. The van der Waals surface area contributed by atoms with Gasteiger partial charge in [-0.3, -0.25) is 0 Å². The van der Waals surface area contributed by atoms with Crippen molar-refractivity contribution in [2.24, 2.45) is 0 Å². The summed E-state index contributed by atoms with van der Waals surface area (Å²) in [7, 11) is 0. The topological polar surface area (TPSA) is 61.4 Å². The maximum Gasteiger partial charge on any atom is 0.319 e. The summed E-state index contributed by atoms with van der Waals surface area (Å²) in [5.41, 5.74) is 1.92. The summed E-state index contributed by atoms with van der Waals surface area (Å²) >= 11 is 6.22. The molecular weight excluding hydrogens is 300 g/mol. The third-order valence-electron chi connectivity index (χ3n) is 4.21. The predicted molar refractivity (Wildman–Crippen MR) is 92.8 cm³/mol. The van der Waals surface area contributed by atoms with E-state index in [1.807, 2.05) is 39.8 Å². The summed E-state index contributed by atoms with van der Waals surface area (Å²) in [6, 6.07) is 3.49. The number of benzene rings is 1. The van der Waals surface area contributed by atoms with Crippen molar-refractivity contribution in [1.82, 2.24) is 5.32 Å². The van der Waals surface area contributed by atoms with Crippen molar-refractivity contribution in [2.45, 2.75) is 59.0 Å². The zero-order chi connectivity index (χ0) is 16.8. The number of carbonyl (C=O) groups excluding carboxylic acids is 1. The van der Waals surface area contributed by atoms with E-state index in [1.54, 1.807) is 0 Å². The number of amides is 2. The Labute approximate surface area is 138 Å². The van der Waals surface area contributed by atoms with Crippen LogP contribution < -0.4 is 10.6 Å². The summed E-state index contributed by atoms with van der Waals surface area (Å²) < 4.78 is 0. The first-order chi connectivity index (χ1) is 10.4. The molecule has 0 saturated carbocycles. The van der Waals surface area contributed by atoms with E-state index in [-0.39, 0.29) is 12.6 Å². The summed E-state index contributed by atoms with van der Waals surface area (Å²) in [6.07, 6.45) is 2.76. The van der Waals surface area contributed by atoms with Crippen LogP contribution in [0, 0.1) is 0 Å². The normalized spacial score (nSPS) is 11.4.